The molecule has 0 fully saturated rings. The Bertz CT molecular complexity index is 418. The third-order valence-corrected chi connectivity index (χ3v) is 2.99. The molecule has 2 rings (SSSR count). The third-order valence-electron chi connectivity index (χ3n) is 2.70. The van der Waals surface area contributed by atoms with Crippen LogP contribution in [0.15, 0.2) is 42.2 Å². The van der Waals surface area contributed by atoms with E-state index in [4.69, 9.17) is 4.52 Å². The molecule has 0 aromatic heterocycles. The van der Waals surface area contributed by atoms with Crippen LogP contribution in [0.4, 0.5) is 0 Å². The van der Waals surface area contributed by atoms with Crippen molar-refractivity contribution in [2.24, 2.45) is 0 Å². The van der Waals surface area contributed by atoms with Crippen LogP contribution in [0.25, 0.3) is 5.57 Å². The van der Waals surface area contributed by atoms with E-state index < -0.39 is 0 Å². The monoisotopic (exact) mass is 218 g/mol. The Balaban J connectivity index is 2.49. The highest BCUT2D eigenvalue weighted by molar-refractivity contribution is 7.10. The number of rotatable bonds is 2. The van der Waals surface area contributed by atoms with Gasteiger partial charge in [0.1, 0.15) is 5.76 Å². The van der Waals surface area contributed by atoms with Gasteiger partial charge in [-0.1, -0.05) is 36.4 Å². The van der Waals surface area contributed by atoms with Crippen molar-refractivity contribution in [3.8, 4) is 0 Å². The first-order valence-corrected chi connectivity index (χ1v) is 5.62. The molecule has 0 saturated carbocycles. The van der Waals surface area contributed by atoms with E-state index in [1.165, 1.54) is 16.7 Å². The van der Waals surface area contributed by atoms with Crippen LogP contribution in [0.2, 0.25) is 0 Å². The quantitative estimate of drug-likeness (QED) is 0.685. The molecule has 1 atom stereocenters. The first-order chi connectivity index (χ1) is 7.33. The summed E-state index contributed by atoms with van der Waals surface area (Å²) in [7, 11) is 2.35. The van der Waals surface area contributed by atoms with Crippen LogP contribution in [0.1, 0.15) is 24.0 Å². The summed E-state index contributed by atoms with van der Waals surface area (Å²) in [5, 5.41) is 0. The van der Waals surface area contributed by atoms with E-state index in [9.17, 15) is 0 Å². The molecule has 0 radical (unpaired) electrons. The van der Waals surface area contributed by atoms with Gasteiger partial charge in [0, 0.05) is 12.0 Å². The standard InChI is InChI=1S/C13H15OP/c1-10-6-2-3-7-11(10)12-8-4-5-9-13(12)14-15/h2-4,6-8H,5,9,15H2,1H3. The molecule has 0 saturated heterocycles. The molecule has 0 aliphatic heterocycles. The molecule has 1 nitrogen and oxygen atoms in total. The van der Waals surface area contributed by atoms with Crippen LogP contribution in [-0.2, 0) is 4.52 Å². The summed E-state index contributed by atoms with van der Waals surface area (Å²) >= 11 is 0. The van der Waals surface area contributed by atoms with E-state index in [0.717, 1.165) is 18.6 Å². The van der Waals surface area contributed by atoms with Gasteiger partial charge < -0.3 is 4.52 Å². The van der Waals surface area contributed by atoms with Gasteiger partial charge in [0.2, 0.25) is 0 Å². The Labute approximate surface area is 93.1 Å². The van der Waals surface area contributed by atoms with Crippen molar-refractivity contribution >= 4 is 15.0 Å². The van der Waals surface area contributed by atoms with Crippen molar-refractivity contribution in [1.82, 2.24) is 0 Å². The van der Waals surface area contributed by atoms with Crippen LogP contribution in [0.3, 0.4) is 0 Å². The van der Waals surface area contributed by atoms with Crippen LogP contribution >= 0.6 is 9.47 Å². The van der Waals surface area contributed by atoms with Gasteiger partial charge in [-0.05, 0) is 24.5 Å². The number of allylic oxidation sites excluding steroid dienone is 4. The highest BCUT2D eigenvalue weighted by atomic mass is 31.0. The van der Waals surface area contributed by atoms with E-state index >= 15 is 0 Å². The van der Waals surface area contributed by atoms with Gasteiger partial charge in [0.15, 0.2) is 0 Å². The summed E-state index contributed by atoms with van der Waals surface area (Å²) in [5.74, 6) is 1.07. The average Bonchev–Trinajstić information content (AvgIpc) is 2.30. The zero-order chi connectivity index (χ0) is 10.7. The fraction of sp³-hybridized carbons (Fsp3) is 0.231. The Morgan fingerprint density at radius 3 is 2.80 bits per heavy atom. The Kier molecular flexibility index (Phi) is 3.23. The maximum absolute atomic E-state index is 5.36. The fourth-order valence-electron chi connectivity index (χ4n) is 1.88. The molecule has 1 aromatic rings. The minimum absolute atomic E-state index is 0.990. The predicted molar refractivity (Wildman–Crippen MR) is 67.3 cm³/mol. The van der Waals surface area contributed by atoms with Crippen LogP contribution in [0, 0.1) is 6.92 Å². The summed E-state index contributed by atoms with van der Waals surface area (Å²) in [4.78, 5) is 0. The van der Waals surface area contributed by atoms with Crippen molar-refractivity contribution < 1.29 is 4.52 Å². The largest absolute Gasteiger partial charge is 0.484 e. The number of hydrogen-bond donors (Lipinski definition) is 0. The maximum atomic E-state index is 5.36. The number of hydrogen-bond acceptors (Lipinski definition) is 1. The molecule has 0 bridgehead atoms. The van der Waals surface area contributed by atoms with Gasteiger partial charge in [-0.15, -0.1) is 0 Å². The van der Waals surface area contributed by atoms with Gasteiger partial charge in [-0.2, -0.15) is 0 Å². The van der Waals surface area contributed by atoms with Crippen molar-refractivity contribution in [2.45, 2.75) is 19.8 Å². The smallest absolute Gasteiger partial charge is 0.107 e. The summed E-state index contributed by atoms with van der Waals surface area (Å²) in [6.07, 6.45) is 6.42. The van der Waals surface area contributed by atoms with Crippen molar-refractivity contribution in [3.63, 3.8) is 0 Å². The lowest BCUT2D eigenvalue weighted by molar-refractivity contribution is 0.470. The maximum Gasteiger partial charge on any atom is 0.107 e. The molecule has 2 heteroatoms. The zero-order valence-electron chi connectivity index (χ0n) is 8.86. The molecule has 0 heterocycles. The SMILES string of the molecule is Cc1ccccc1C1=C(OP)CCC=C1. The first kappa shape index (κ1) is 10.4. The Morgan fingerprint density at radius 1 is 1.27 bits per heavy atom. The second-order valence-electron chi connectivity index (χ2n) is 3.71. The van der Waals surface area contributed by atoms with E-state index in [1.807, 2.05) is 0 Å². The molecule has 1 unspecified atom stereocenters. The molecule has 1 aliphatic rings. The summed E-state index contributed by atoms with van der Waals surface area (Å²) in [5.41, 5.74) is 3.78. The van der Waals surface area contributed by atoms with E-state index in [2.05, 4.69) is 52.8 Å². The Morgan fingerprint density at radius 2 is 2.07 bits per heavy atom. The van der Waals surface area contributed by atoms with Crippen molar-refractivity contribution in [3.05, 3.63) is 53.3 Å². The van der Waals surface area contributed by atoms with Gasteiger partial charge in [-0.3, -0.25) is 0 Å². The first-order valence-electron chi connectivity index (χ1n) is 5.15. The highest BCUT2D eigenvalue weighted by Crippen LogP contribution is 2.30. The van der Waals surface area contributed by atoms with Crippen molar-refractivity contribution in [1.29, 1.82) is 0 Å². The minimum Gasteiger partial charge on any atom is -0.484 e. The number of benzene rings is 1. The van der Waals surface area contributed by atoms with Crippen LogP contribution in [-0.4, -0.2) is 0 Å². The second kappa shape index (κ2) is 4.63. The second-order valence-corrected chi connectivity index (χ2v) is 3.95. The predicted octanol–water partition coefficient (Wildman–Crippen LogP) is 3.86. The molecule has 78 valence electrons. The molecule has 1 aliphatic carbocycles. The lowest BCUT2D eigenvalue weighted by Gasteiger charge is -2.16. The van der Waals surface area contributed by atoms with E-state index in [-0.39, 0.29) is 0 Å². The van der Waals surface area contributed by atoms with E-state index in [1.54, 1.807) is 0 Å². The molecule has 0 amide bonds. The highest BCUT2D eigenvalue weighted by Gasteiger charge is 2.11. The van der Waals surface area contributed by atoms with Crippen molar-refractivity contribution in [2.75, 3.05) is 0 Å². The summed E-state index contributed by atoms with van der Waals surface area (Å²) in [6.45, 7) is 2.13. The molecule has 1 aromatic carbocycles. The summed E-state index contributed by atoms with van der Waals surface area (Å²) < 4.78 is 5.36. The number of aryl methyl sites for hydroxylation is 1. The summed E-state index contributed by atoms with van der Waals surface area (Å²) in [6, 6.07) is 8.40. The van der Waals surface area contributed by atoms with Crippen LogP contribution < -0.4 is 0 Å². The molecular formula is C13H15OP. The molecule has 0 N–H and O–H groups in total. The topological polar surface area (TPSA) is 9.23 Å². The molecular weight excluding hydrogens is 203 g/mol. The minimum atomic E-state index is 0.990. The van der Waals surface area contributed by atoms with Gasteiger partial charge in [0.05, 0.1) is 9.47 Å². The lowest BCUT2D eigenvalue weighted by atomic mass is 9.95. The van der Waals surface area contributed by atoms with Crippen LogP contribution in [0.5, 0.6) is 0 Å². The average molecular weight is 218 g/mol. The normalized spacial score (nSPS) is 15.6. The molecule has 15 heavy (non-hydrogen) atoms. The Hall–Kier alpha value is -1.07. The van der Waals surface area contributed by atoms with E-state index in [0.29, 0.717) is 0 Å². The molecule has 0 spiro atoms. The van der Waals surface area contributed by atoms with Gasteiger partial charge >= 0.3 is 0 Å². The fourth-order valence-corrected chi connectivity index (χ4v) is 2.13. The zero-order valence-corrected chi connectivity index (χ0v) is 10.0. The lowest BCUT2D eigenvalue weighted by Crippen LogP contribution is -1.96. The van der Waals surface area contributed by atoms with Gasteiger partial charge in [-0.25, -0.2) is 0 Å². The van der Waals surface area contributed by atoms with Gasteiger partial charge in [0.25, 0.3) is 0 Å². The third kappa shape index (κ3) is 2.13.